The SMILES string of the molecule is Cc1c(-c2c(-c3ccco3)sc3ncnc(OC(C(=O)O)C4(c5ccccc5OCc5ccnn5CC(F)(F)F)CC4)c23)ccc(OCCN2CCN(C)CC2)c1Cl. The molecule has 1 saturated heterocycles. The van der Waals surface area contributed by atoms with Crippen molar-refractivity contribution >= 4 is 39.1 Å². The summed E-state index contributed by atoms with van der Waals surface area (Å²) in [4.78, 5) is 28.3. The van der Waals surface area contributed by atoms with Gasteiger partial charge in [0.05, 0.1) is 27.2 Å². The summed E-state index contributed by atoms with van der Waals surface area (Å²) < 4.78 is 65.1. The van der Waals surface area contributed by atoms with E-state index in [2.05, 4.69) is 31.9 Å². The molecule has 6 aromatic rings. The van der Waals surface area contributed by atoms with E-state index >= 15 is 0 Å². The molecule has 2 fully saturated rings. The maximum Gasteiger partial charge on any atom is 0.408 e. The van der Waals surface area contributed by atoms with E-state index in [1.807, 2.05) is 25.1 Å². The van der Waals surface area contributed by atoms with E-state index in [0.29, 0.717) is 63.1 Å². The summed E-state index contributed by atoms with van der Waals surface area (Å²) in [6.45, 7) is 5.64. The molecule has 1 unspecified atom stereocenters. The zero-order valence-electron chi connectivity index (χ0n) is 31.7. The number of nitrogens with zero attached hydrogens (tertiary/aromatic N) is 6. The third-order valence-electron chi connectivity index (χ3n) is 10.8. The van der Waals surface area contributed by atoms with Gasteiger partial charge in [-0.15, -0.1) is 11.3 Å². The van der Waals surface area contributed by atoms with Crippen LogP contribution in [0.1, 0.15) is 29.7 Å². The van der Waals surface area contributed by atoms with Crippen LogP contribution in [-0.4, -0.2) is 99.3 Å². The van der Waals surface area contributed by atoms with Crippen molar-refractivity contribution in [2.24, 2.45) is 0 Å². The van der Waals surface area contributed by atoms with Crippen LogP contribution in [0.25, 0.3) is 32.0 Å². The largest absolute Gasteiger partial charge is 0.491 e. The van der Waals surface area contributed by atoms with Crippen LogP contribution in [0.3, 0.4) is 0 Å². The lowest BCUT2D eigenvalue weighted by atomic mass is 9.89. The number of aromatic nitrogens is 4. The monoisotopic (exact) mass is 836 g/mol. The summed E-state index contributed by atoms with van der Waals surface area (Å²) in [6, 6.07) is 15.7. The quantitative estimate of drug-likeness (QED) is 0.108. The highest BCUT2D eigenvalue weighted by molar-refractivity contribution is 7.22. The number of ether oxygens (including phenoxy) is 3. The van der Waals surface area contributed by atoms with Crippen LogP contribution in [0, 0.1) is 6.92 Å². The molecular formula is C41H40ClF3N6O6S. The second kappa shape index (κ2) is 16.2. The molecule has 1 aliphatic carbocycles. The molecule has 304 valence electrons. The molecule has 0 spiro atoms. The van der Waals surface area contributed by atoms with Gasteiger partial charge in [0, 0.05) is 55.5 Å². The van der Waals surface area contributed by atoms with Gasteiger partial charge in [0.25, 0.3) is 0 Å². The fourth-order valence-corrected chi connectivity index (χ4v) is 8.84. The number of para-hydroxylation sites is 1. The van der Waals surface area contributed by atoms with E-state index in [1.165, 1.54) is 29.9 Å². The minimum Gasteiger partial charge on any atom is -0.491 e. The third kappa shape index (κ3) is 8.10. The molecule has 2 aliphatic rings. The number of hydrogen-bond donors (Lipinski definition) is 1. The van der Waals surface area contributed by atoms with E-state index in [4.69, 9.17) is 30.2 Å². The number of fused-ring (bicyclic) bond motifs is 1. The third-order valence-corrected chi connectivity index (χ3v) is 12.3. The molecule has 4 aromatic heterocycles. The molecule has 8 rings (SSSR count). The first-order valence-electron chi connectivity index (χ1n) is 18.8. The number of alkyl halides is 3. The van der Waals surface area contributed by atoms with Crippen LogP contribution in [-0.2, 0) is 23.4 Å². The van der Waals surface area contributed by atoms with Crippen LogP contribution in [0.2, 0.25) is 5.02 Å². The summed E-state index contributed by atoms with van der Waals surface area (Å²) in [7, 11) is 2.12. The predicted octanol–water partition coefficient (Wildman–Crippen LogP) is 8.11. The molecule has 0 bridgehead atoms. The fraction of sp³-hybridized carbons (Fsp3) is 0.366. The molecule has 2 aromatic carbocycles. The Bertz CT molecular complexity index is 2410. The molecule has 5 heterocycles. The molecule has 0 amide bonds. The summed E-state index contributed by atoms with van der Waals surface area (Å²) in [6.07, 6.45) is -0.811. The zero-order valence-corrected chi connectivity index (χ0v) is 33.2. The van der Waals surface area contributed by atoms with Crippen LogP contribution in [0.5, 0.6) is 17.4 Å². The molecule has 17 heteroatoms. The van der Waals surface area contributed by atoms with Gasteiger partial charge in [0.2, 0.25) is 12.0 Å². The van der Waals surface area contributed by atoms with Crippen molar-refractivity contribution in [2.45, 2.75) is 50.6 Å². The van der Waals surface area contributed by atoms with Crippen molar-refractivity contribution in [3.63, 3.8) is 0 Å². The predicted molar refractivity (Wildman–Crippen MR) is 212 cm³/mol. The number of hydrogen-bond acceptors (Lipinski definition) is 11. The highest BCUT2D eigenvalue weighted by Gasteiger charge is 2.57. The number of carboxylic acids is 1. The Labute approximate surface area is 340 Å². The highest BCUT2D eigenvalue weighted by atomic mass is 35.5. The molecular weight excluding hydrogens is 797 g/mol. The van der Waals surface area contributed by atoms with Crippen LogP contribution >= 0.6 is 22.9 Å². The first-order valence-corrected chi connectivity index (χ1v) is 19.9. The van der Waals surface area contributed by atoms with Gasteiger partial charge in [0.15, 0.2) is 0 Å². The number of carboxylic acid groups (broad SMARTS) is 1. The van der Waals surface area contributed by atoms with Gasteiger partial charge in [-0.25, -0.2) is 14.8 Å². The lowest BCUT2D eigenvalue weighted by molar-refractivity contribution is -0.147. The fourth-order valence-electron chi connectivity index (χ4n) is 7.50. The highest BCUT2D eigenvalue weighted by Crippen LogP contribution is 2.56. The minimum atomic E-state index is -4.47. The zero-order chi connectivity index (χ0) is 40.6. The van der Waals surface area contributed by atoms with Crippen LogP contribution < -0.4 is 14.2 Å². The molecule has 1 saturated carbocycles. The summed E-state index contributed by atoms with van der Waals surface area (Å²) in [5.41, 5.74) is 1.88. The van der Waals surface area contributed by atoms with Crippen molar-refractivity contribution in [2.75, 3.05) is 46.4 Å². The number of halogens is 4. The van der Waals surface area contributed by atoms with Gasteiger partial charge < -0.3 is 28.6 Å². The molecule has 1 N–H and O–H groups in total. The van der Waals surface area contributed by atoms with E-state index in [-0.39, 0.29) is 18.2 Å². The average molecular weight is 837 g/mol. The second-order valence-electron chi connectivity index (χ2n) is 14.6. The van der Waals surface area contributed by atoms with E-state index < -0.39 is 30.2 Å². The number of aliphatic carboxylic acids is 1. The van der Waals surface area contributed by atoms with Crippen molar-refractivity contribution < 1.29 is 41.7 Å². The first-order chi connectivity index (χ1) is 27.9. The Hall–Kier alpha value is -5.16. The Morgan fingerprint density at radius 2 is 1.83 bits per heavy atom. The van der Waals surface area contributed by atoms with Gasteiger partial charge >= 0.3 is 12.1 Å². The number of furan rings is 1. The Morgan fingerprint density at radius 3 is 2.55 bits per heavy atom. The van der Waals surface area contributed by atoms with E-state index in [0.717, 1.165) is 53.4 Å². The number of thiophene rings is 1. The van der Waals surface area contributed by atoms with Crippen molar-refractivity contribution in [1.82, 2.24) is 29.5 Å². The number of piperazine rings is 1. The van der Waals surface area contributed by atoms with Gasteiger partial charge in [-0.2, -0.15) is 18.3 Å². The summed E-state index contributed by atoms with van der Waals surface area (Å²) in [5.74, 6) is 0.294. The van der Waals surface area contributed by atoms with Crippen molar-refractivity contribution in [3.8, 4) is 39.1 Å². The van der Waals surface area contributed by atoms with E-state index in [1.54, 1.807) is 36.6 Å². The van der Waals surface area contributed by atoms with Crippen molar-refractivity contribution in [1.29, 1.82) is 0 Å². The minimum absolute atomic E-state index is 0.0604. The lowest BCUT2D eigenvalue weighted by Crippen LogP contribution is -2.45. The molecule has 0 radical (unpaired) electrons. The standard InChI is InChI=1S/C41H40ClF3N6O6S/c1-25-27(9-10-30(34(25)42)55-21-19-50-17-15-49(2)16-18-50)32-33-37(46-24-47-38(33)58-35(32)31-8-5-20-54-31)57-36(39(52)53)40(12-13-40)28-6-3-4-7-29(28)56-22-26-11-14-48-51(26)23-41(43,44)45/h3-11,14,20,24,36H,12-13,15-19,21-23H2,1-2H3,(H,52,53). The Balaban J connectivity index is 1.12. The van der Waals surface area contributed by atoms with Crippen molar-refractivity contribution in [3.05, 3.63) is 95.2 Å². The van der Waals surface area contributed by atoms with Gasteiger partial charge in [0.1, 0.15) is 48.2 Å². The number of likely N-dealkylation sites (N-methyl/N-ethyl adjacent to an activating group) is 1. The normalized spacial score (nSPS) is 16.4. The number of benzene rings is 2. The van der Waals surface area contributed by atoms with Crippen LogP contribution in [0.15, 0.2) is 77.8 Å². The first kappa shape index (κ1) is 39.7. The molecule has 58 heavy (non-hydrogen) atoms. The topological polar surface area (TPSA) is 128 Å². The Kier molecular flexibility index (Phi) is 11.1. The lowest BCUT2D eigenvalue weighted by Gasteiger charge is -2.32. The molecule has 12 nitrogen and oxygen atoms in total. The smallest absolute Gasteiger partial charge is 0.408 e. The average Bonchev–Trinajstić information content (AvgIpc) is 3.48. The van der Waals surface area contributed by atoms with Gasteiger partial charge in [-0.05, 0) is 68.3 Å². The second-order valence-corrected chi connectivity index (χ2v) is 15.9. The van der Waals surface area contributed by atoms with Gasteiger partial charge in [-0.3, -0.25) is 9.58 Å². The van der Waals surface area contributed by atoms with Gasteiger partial charge in [-0.1, -0.05) is 35.9 Å². The maximum atomic E-state index is 13.2. The van der Waals surface area contributed by atoms with Crippen LogP contribution in [0.4, 0.5) is 13.2 Å². The Morgan fingerprint density at radius 1 is 1.03 bits per heavy atom. The molecule has 1 atom stereocenters. The summed E-state index contributed by atoms with van der Waals surface area (Å²) in [5, 5.41) is 15.5. The summed E-state index contributed by atoms with van der Waals surface area (Å²) >= 11 is 8.38. The molecule has 1 aliphatic heterocycles. The number of carbonyl (C=O) groups is 1. The van der Waals surface area contributed by atoms with E-state index in [9.17, 15) is 23.1 Å². The maximum absolute atomic E-state index is 13.2. The number of rotatable bonds is 15.